The monoisotopic (exact) mass is 282 g/mol. The summed E-state index contributed by atoms with van der Waals surface area (Å²) < 4.78 is 10.3. The first kappa shape index (κ1) is 14.4. The molecule has 1 fully saturated rings. The molecule has 0 radical (unpaired) electrons. The highest BCUT2D eigenvalue weighted by Gasteiger charge is 2.31. The van der Waals surface area contributed by atoms with Crippen molar-refractivity contribution in [1.29, 1.82) is 0 Å². The van der Waals surface area contributed by atoms with Crippen LogP contribution >= 0.6 is 0 Å². The number of carboxylic acids is 1. The molecule has 110 valence electrons. The van der Waals surface area contributed by atoms with Crippen molar-refractivity contribution in [3.8, 4) is 0 Å². The number of morpholine rings is 1. The summed E-state index contributed by atoms with van der Waals surface area (Å²) in [5.74, 6) is -0.347. The Morgan fingerprint density at radius 1 is 1.55 bits per heavy atom. The maximum atomic E-state index is 12.4. The molecule has 1 N–H and O–H groups in total. The quantitative estimate of drug-likeness (QED) is 0.891. The van der Waals surface area contributed by atoms with E-state index in [0.717, 1.165) is 0 Å². The molecule has 1 unspecified atom stereocenters. The third kappa shape index (κ3) is 3.30. The van der Waals surface area contributed by atoms with Crippen LogP contribution in [0.3, 0.4) is 0 Å². The molecule has 0 aliphatic carbocycles. The minimum atomic E-state index is -1.04. The second-order valence-electron chi connectivity index (χ2n) is 4.52. The van der Waals surface area contributed by atoms with E-state index >= 15 is 0 Å². The third-order valence-electron chi connectivity index (χ3n) is 3.19. The van der Waals surface area contributed by atoms with Crippen LogP contribution in [0.15, 0.2) is 22.8 Å². The van der Waals surface area contributed by atoms with Crippen molar-refractivity contribution >= 4 is 12.0 Å². The lowest BCUT2D eigenvalue weighted by Crippen LogP contribution is -2.52. The number of urea groups is 1. The van der Waals surface area contributed by atoms with E-state index in [9.17, 15) is 9.59 Å². The molecule has 0 aromatic carbocycles. The molecular formula is C13H18N2O5. The zero-order chi connectivity index (χ0) is 14.5. The van der Waals surface area contributed by atoms with Gasteiger partial charge in [0.1, 0.15) is 5.76 Å². The number of carboxylic acid groups (broad SMARTS) is 1. The molecule has 1 saturated heterocycles. The second kappa shape index (κ2) is 6.42. The second-order valence-corrected chi connectivity index (χ2v) is 4.52. The molecule has 0 bridgehead atoms. The van der Waals surface area contributed by atoms with Crippen molar-refractivity contribution in [2.75, 3.05) is 26.2 Å². The van der Waals surface area contributed by atoms with Crippen LogP contribution in [0.25, 0.3) is 0 Å². The Balaban J connectivity index is 1.98. The van der Waals surface area contributed by atoms with E-state index in [1.807, 2.05) is 6.92 Å². The van der Waals surface area contributed by atoms with Crippen LogP contribution in [0, 0.1) is 0 Å². The number of hydrogen-bond acceptors (Lipinski definition) is 4. The van der Waals surface area contributed by atoms with E-state index in [1.165, 1.54) is 4.90 Å². The zero-order valence-electron chi connectivity index (χ0n) is 11.3. The predicted molar refractivity (Wildman–Crippen MR) is 69.1 cm³/mol. The number of furan rings is 1. The number of nitrogens with zero attached hydrogens (tertiary/aromatic N) is 2. The highest BCUT2D eigenvalue weighted by molar-refractivity contribution is 5.77. The highest BCUT2D eigenvalue weighted by Crippen LogP contribution is 2.12. The van der Waals surface area contributed by atoms with Crippen molar-refractivity contribution < 1.29 is 23.8 Å². The first-order chi connectivity index (χ1) is 9.61. The van der Waals surface area contributed by atoms with Crippen LogP contribution in [0.1, 0.15) is 12.7 Å². The summed E-state index contributed by atoms with van der Waals surface area (Å²) >= 11 is 0. The van der Waals surface area contributed by atoms with Crippen LogP contribution in [0.4, 0.5) is 4.79 Å². The Hall–Kier alpha value is -2.02. The van der Waals surface area contributed by atoms with Crippen LogP contribution in [-0.4, -0.2) is 59.3 Å². The average Bonchev–Trinajstić information content (AvgIpc) is 2.97. The maximum absolute atomic E-state index is 12.4. The number of amides is 2. The van der Waals surface area contributed by atoms with Crippen molar-refractivity contribution in [2.45, 2.75) is 19.6 Å². The van der Waals surface area contributed by atoms with Gasteiger partial charge in [-0.05, 0) is 19.1 Å². The number of carbonyl (C=O) groups is 2. The van der Waals surface area contributed by atoms with Gasteiger partial charge in [0, 0.05) is 13.1 Å². The summed E-state index contributed by atoms with van der Waals surface area (Å²) in [6.45, 7) is 3.48. The maximum Gasteiger partial charge on any atom is 0.334 e. The summed E-state index contributed by atoms with van der Waals surface area (Å²) in [5, 5.41) is 8.95. The van der Waals surface area contributed by atoms with Crippen molar-refractivity contribution in [3.63, 3.8) is 0 Å². The highest BCUT2D eigenvalue weighted by atomic mass is 16.5. The van der Waals surface area contributed by atoms with Crippen LogP contribution in [-0.2, 0) is 16.1 Å². The molecule has 1 atom stereocenters. The molecule has 2 amide bonds. The fourth-order valence-electron chi connectivity index (χ4n) is 2.08. The van der Waals surface area contributed by atoms with Crippen LogP contribution in [0.5, 0.6) is 0 Å². The van der Waals surface area contributed by atoms with E-state index < -0.39 is 12.1 Å². The largest absolute Gasteiger partial charge is 0.479 e. The fraction of sp³-hybridized carbons (Fsp3) is 0.538. The number of rotatable bonds is 4. The van der Waals surface area contributed by atoms with Gasteiger partial charge < -0.3 is 24.1 Å². The summed E-state index contributed by atoms with van der Waals surface area (Å²) in [5.41, 5.74) is 0. The van der Waals surface area contributed by atoms with Crippen LogP contribution < -0.4 is 0 Å². The molecule has 1 aliphatic heterocycles. The molecule has 0 saturated carbocycles. The van der Waals surface area contributed by atoms with E-state index in [-0.39, 0.29) is 19.2 Å². The zero-order valence-corrected chi connectivity index (χ0v) is 11.3. The lowest BCUT2D eigenvalue weighted by atomic mass is 10.3. The van der Waals surface area contributed by atoms with Crippen LogP contribution in [0.2, 0.25) is 0 Å². The Morgan fingerprint density at radius 2 is 2.35 bits per heavy atom. The minimum Gasteiger partial charge on any atom is -0.479 e. The summed E-state index contributed by atoms with van der Waals surface area (Å²) in [6.07, 6.45) is 0.609. The van der Waals surface area contributed by atoms with Crippen molar-refractivity contribution in [1.82, 2.24) is 9.80 Å². The first-order valence-electron chi connectivity index (χ1n) is 6.52. The molecule has 7 nitrogen and oxygen atoms in total. The number of ether oxygens (including phenoxy) is 1. The Bertz CT molecular complexity index is 459. The number of hydrogen-bond donors (Lipinski definition) is 1. The SMILES string of the molecule is CCN(Cc1ccco1)C(=O)N1CCOC(C(=O)O)C1. The molecule has 1 aromatic rings. The number of carbonyl (C=O) groups excluding carboxylic acids is 1. The van der Waals surface area contributed by atoms with Gasteiger partial charge in [-0.1, -0.05) is 0 Å². The van der Waals surface area contributed by atoms with E-state index in [4.69, 9.17) is 14.3 Å². The van der Waals surface area contributed by atoms with E-state index in [0.29, 0.717) is 25.4 Å². The van der Waals surface area contributed by atoms with Gasteiger partial charge in [-0.25, -0.2) is 9.59 Å². The lowest BCUT2D eigenvalue weighted by Gasteiger charge is -2.34. The molecule has 7 heteroatoms. The van der Waals surface area contributed by atoms with Gasteiger partial charge in [0.05, 0.1) is 26.0 Å². The van der Waals surface area contributed by atoms with Gasteiger partial charge in [-0.2, -0.15) is 0 Å². The molecule has 1 aromatic heterocycles. The average molecular weight is 282 g/mol. The summed E-state index contributed by atoms with van der Waals surface area (Å²) in [7, 11) is 0. The van der Waals surface area contributed by atoms with E-state index in [1.54, 1.807) is 23.3 Å². The summed E-state index contributed by atoms with van der Waals surface area (Å²) in [6, 6.07) is 3.37. The van der Waals surface area contributed by atoms with Gasteiger partial charge in [0.25, 0.3) is 0 Å². The third-order valence-corrected chi connectivity index (χ3v) is 3.19. The number of aliphatic carboxylic acids is 1. The van der Waals surface area contributed by atoms with Crippen molar-refractivity contribution in [2.24, 2.45) is 0 Å². The van der Waals surface area contributed by atoms with Gasteiger partial charge >= 0.3 is 12.0 Å². The molecule has 2 rings (SSSR count). The smallest absolute Gasteiger partial charge is 0.334 e. The van der Waals surface area contributed by atoms with Gasteiger partial charge in [0.15, 0.2) is 6.10 Å². The Kier molecular flexibility index (Phi) is 4.62. The summed E-state index contributed by atoms with van der Waals surface area (Å²) in [4.78, 5) is 26.4. The van der Waals surface area contributed by atoms with Crippen molar-refractivity contribution in [3.05, 3.63) is 24.2 Å². The van der Waals surface area contributed by atoms with Gasteiger partial charge in [-0.3, -0.25) is 0 Å². The predicted octanol–water partition coefficient (Wildman–Crippen LogP) is 1.01. The normalized spacial score (nSPS) is 18.9. The van der Waals surface area contributed by atoms with Gasteiger partial charge in [-0.15, -0.1) is 0 Å². The minimum absolute atomic E-state index is 0.0722. The molecule has 0 spiro atoms. The Labute approximate surface area is 116 Å². The lowest BCUT2D eigenvalue weighted by molar-refractivity contribution is -0.154. The molecule has 2 heterocycles. The van der Waals surface area contributed by atoms with E-state index in [2.05, 4.69) is 0 Å². The fourth-order valence-corrected chi connectivity index (χ4v) is 2.08. The molecule has 20 heavy (non-hydrogen) atoms. The Morgan fingerprint density at radius 3 is 2.95 bits per heavy atom. The molecular weight excluding hydrogens is 264 g/mol. The topological polar surface area (TPSA) is 83.2 Å². The standard InChI is InChI=1S/C13H18N2O5/c1-2-14(8-10-4-3-6-19-10)13(18)15-5-7-20-11(9-15)12(16)17/h3-4,6,11H,2,5,7-9H2,1H3,(H,16,17). The molecule has 1 aliphatic rings. The van der Waals surface area contributed by atoms with Gasteiger partial charge in [0.2, 0.25) is 0 Å². The first-order valence-corrected chi connectivity index (χ1v) is 6.52.